The van der Waals surface area contributed by atoms with Crippen LogP contribution in [0.25, 0.3) is 0 Å². The third kappa shape index (κ3) is 5.71. The molecule has 0 bridgehead atoms. The second-order valence-electron chi connectivity index (χ2n) is 5.71. The summed E-state index contributed by atoms with van der Waals surface area (Å²) < 4.78 is 11.8. The number of nitrogens with zero attached hydrogens (tertiary/aromatic N) is 2. The highest BCUT2D eigenvalue weighted by atomic mass is 79.9. The van der Waals surface area contributed by atoms with Gasteiger partial charge in [-0.2, -0.15) is 0 Å². The van der Waals surface area contributed by atoms with E-state index in [0.29, 0.717) is 29.2 Å². The molecular formula is C19H20Br2N2O4. The van der Waals surface area contributed by atoms with Crippen molar-refractivity contribution in [2.45, 2.75) is 13.0 Å². The molecule has 2 aromatic rings. The van der Waals surface area contributed by atoms with Crippen molar-refractivity contribution < 1.29 is 19.7 Å². The van der Waals surface area contributed by atoms with Gasteiger partial charge in [-0.15, -0.1) is 0 Å². The first-order chi connectivity index (χ1) is 12.8. The summed E-state index contributed by atoms with van der Waals surface area (Å²) in [6.07, 6.45) is 3.16. The van der Waals surface area contributed by atoms with E-state index in [1.54, 1.807) is 36.7 Å². The van der Waals surface area contributed by atoms with Crippen molar-refractivity contribution in [3.05, 3.63) is 44.3 Å². The molecule has 144 valence electrons. The van der Waals surface area contributed by atoms with Crippen LogP contribution >= 0.6 is 31.9 Å². The highest BCUT2D eigenvalue weighted by molar-refractivity contribution is 9.10. The van der Waals surface area contributed by atoms with Crippen molar-refractivity contribution in [2.24, 2.45) is 9.98 Å². The zero-order valence-corrected chi connectivity index (χ0v) is 18.3. The Bertz CT molecular complexity index is 869. The van der Waals surface area contributed by atoms with Gasteiger partial charge in [0.05, 0.1) is 26.8 Å². The highest BCUT2D eigenvalue weighted by Gasteiger charge is 2.09. The van der Waals surface area contributed by atoms with Crippen molar-refractivity contribution in [1.82, 2.24) is 0 Å². The number of hydrogen-bond donors (Lipinski definition) is 2. The summed E-state index contributed by atoms with van der Waals surface area (Å²) in [6, 6.07) is 6.74. The molecule has 0 spiro atoms. The lowest BCUT2D eigenvalue weighted by Crippen LogP contribution is -2.04. The minimum atomic E-state index is -0.123. The van der Waals surface area contributed by atoms with Crippen LogP contribution in [0.1, 0.15) is 18.1 Å². The minimum Gasteiger partial charge on any atom is -0.504 e. The molecule has 0 aliphatic carbocycles. The number of ether oxygens (including phenoxy) is 2. The topological polar surface area (TPSA) is 83.6 Å². The summed E-state index contributed by atoms with van der Waals surface area (Å²) in [4.78, 5) is 8.74. The van der Waals surface area contributed by atoms with Crippen molar-refractivity contribution in [3.63, 3.8) is 0 Å². The number of benzene rings is 2. The van der Waals surface area contributed by atoms with Crippen molar-refractivity contribution in [3.8, 4) is 23.0 Å². The maximum absolute atomic E-state index is 10.1. The predicted octanol–water partition coefficient (Wildman–Crippen LogP) is 4.57. The number of aliphatic imine (C=N–C) groups is 2. The molecule has 8 heteroatoms. The van der Waals surface area contributed by atoms with E-state index in [1.807, 2.05) is 6.92 Å². The van der Waals surface area contributed by atoms with Crippen LogP contribution in [0.5, 0.6) is 23.0 Å². The van der Waals surface area contributed by atoms with Crippen molar-refractivity contribution in [1.29, 1.82) is 0 Å². The molecule has 0 unspecified atom stereocenters. The standard InChI is InChI=1S/C19H20Br2N2O4/c1-11(23-10-13-5-15(21)7-17(27-3)19(13)25)8-22-9-12-4-14(20)6-16(26-2)18(12)24/h4-7,9-11,24-25H,8H2,1-3H3/t11-/m1/s1. The quantitative estimate of drug-likeness (QED) is 0.546. The van der Waals surface area contributed by atoms with Gasteiger partial charge in [0.2, 0.25) is 0 Å². The number of halogens is 2. The Kier molecular flexibility index (Phi) is 7.67. The molecule has 0 aliphatic heterocycles. The largest absolute Gasteiger partial charge is 0.504 e. The number of rotatable bonds is 7. The van der Waals surface area contributed by atoms with Gasteiger partial charge in [0.1, 0.15) is 0 Å². The van der Waals surface area contributed by atoms with Crippen LogP contribution in [0.3, 0.4) is 0 Å². The normalized spacial score (nSPS) is 12.6. The third-order valence-corrected chi connectivity index (χ3v) is 4.56. The summed E-state index contributed by atoms with van der Waals surface area (Å²) in [7, 11) is 2.98. The smallest absolute Gasteiger partial charge is 0.166 e. The number of phenols is 2. The van der Waals surface area contributed by atoms with Crippen molar-refractivity contribution >= 4 is 44.3 Å². The Morgan fingerprint density at radius 1 is 0.926 bits per heavy atom. The molecule has 2 rings (SSSR count). The first kappa shape index (κ1) is 21.2. The first-order valence-corrected chi connectivity index (χ1v) is 9.60. The van der Waals surface area contributed by atoms with Gasteiger partial charge >= 0.3 is 0 Å². The zero-order chi connectivity index (χ0) is 20.0. The Labute approximate surface area is 174 Å². The number of aromatic hydroxyl groups is 2. The van der Waals surface area contributed by atoms with E-state index < -0.39 is 0 Å². The van der Waals surface area contributed by atoms with Gasteiger partial charge in [-0.1, -0.05) is 31.9 Å². The van der Waals surface area contributed by atoms with Crippen LogP contribution in [0.2, 0.25) is 0 Å². The van der Waals surface area contributed by atoms with Crippen LogP contribution in [0.15, 0.2) is 43.2 Å². The van der Waals surface area contributed by atoms with E-state index >= 15 is 0 Å². The predicted molar refractivity (Wildman–Crippen MR) is 114 cm³/mol. The number of methoxy groups -OCH3 is 2. The molecule has 0 aromatic heterocycles. The van der Waals surface area contributed by atoms with Gasteiger partial charge in [-0.05, 0) is 31.2 Å². The maximum atomic E-state index is 10.1. The van der Waals surface area contributed by atoms with E-state index in [0.717, 1.165) is 8.95 Å². The summed E-state index contributed by atoms with van der Waals surface area (Å²) in [5.41, 5.74) is 1.10. The van der Waals surface area contributed by atoms with Gasteiger partial charge < -0.3 is 19.7 Å². The fourth-order valence-corrected chi connectivity index (χ4v) is 3.16. The minimum absolute atomic E-state index is 0.0336. The Hall–Kier alpha value is -2.06. The average molecular weight is 500 g/mol. The van der Waals surface area contributed by atoms with Gasteiger partial charge in [-0.25, -0.2) is 0 Å². The van der Waals surface area contributed by atoms with Crippen LogP contribution in [-0.2, 0) is 0 Å². The van der Waals surface area contributed by atoms with E-state index in [-0.39, 0.29) is 17.5 Å². The van der Waals surface area contributed by atoms with E-state index in [9.17, 15) is 10.2 Å². The maximum Gasteiger partial charge on any atom is 0.166 e. The molecule has 0 saturated carbocycles. The molecule has 0 amide bonds. The molecule has 2 aromatic carbocycles. The van der Waals surface area contributed by atoms with Gasteiger partial charge in [0.15, 0.2) is 23.0 Å². The number of phenolic OH excluding ortho intramolecular Hbond substituents is 2. The lowest BCUT2D eigenvalue weighted by molar-refractivity contribution is 0.373. The van der Waals surface area contributed by atoms with Gasteiger partial charge in [-0.3, -0.25) is 9.98 Å². The molecular weight excluding hydrogens is 480 g/mol. The second kappa shape index (κ2) is 9.75. The summed E-state index contributed by atoms with van der Waals surface area (Å²) in [5.74, 6) is 0.810. The van der Waals surface area contributed by atoms with Gasteiger partial charge in [0, 0.05) is 32.5 Å². The molecule has 0 aliphatic rings. The van der Waals surface area contributed by atoms with Crippen LogP contribution in [0, 0.1) is 0 Å². The molecule has 0 saturated heterocycles. The van der Waals surface area contributed by atoms with E-state index in [1.165, 1.54) is 14.2 Å². The Balaban J connectivity index is 2.08. The summed E-state index contributed by atoms with van der Waals surface area (Å²) in [5, 5.41) is 20.3. The highest BCUT2D eigenvalue weighted by Crippen LogP contribution is 2.33. The molecule has 0 fully saturated rings. The van der Waals surface area contributed by atoms with Crippen molar-refractivity contribution in [2.75, 3.05) is 20.8 Å². The fourth-order valence-electron chi connectivity index (χ4n) is 2.26. The Morgan fingerprint density at radius 2 is 1.41 bits per heavy atom. The van der Waals surface area contributed by atoms with Crippen LogP contribution in [-0.4, -0.2) is 49.4 Å². The van der Waals surface area contributed by atoms with E-state index in [4.69, 9.17) is 9.47 Å². The third-order valence-electron chi connectivity index (χ3n) is 3.65. The monoisotopic (exact) mass is 498 g/mol. The molecule has 6 nitrogen and oxygen atoms in total. The lowest BCUT2D eigenvalue weighted by atomic mass is 10.2. The van der Waals surface area contributed by atoms with Crippen LogP contribution < -0.4 is 9.47 Å². The molecule has 27 heavy (non-hydrogen) atoms. The van der Waals surface area contributed by atoms with Gasteiger partial charge in [0.25, 0.3) is 0 Å². The average Bonchev–Trinajstić information content (AvgIpc) is 2.64. The van der Waals surface area contributed by atoms with Crippen LogP contribution in [0.4, 0.5) is 0 Å². The SMILES string of the molecule is COc1cc(Br)cc(C=NC[C@@H](C)N=Cc2cc(Br)cc(OC)c2O)c1O. The lowest BCUT2D eigenvalue weighted by Gasteiger charge is -2.08. The molecule has 2 N–H and O–H groups in total. The zero-order valence-electron chi connectivity index (χ0n) is 15.1. The number of hydrogen-bond acceptors (Lipinski definition) is 6. The Morgan fingerprint density at radius 3 is 1.89 bits per heavy atom. The van der Waals surface area contributed by atoms with E-state index in [2.05, 4.69) is 41.8 Å². The summed E-state index contributed by atoms with van der Waals surface area (Å²) >= 11 is 6.74. The second-order valence-corrected chi connectivity index (χ2v) is 7.54. The molecule has 1 atom stereocenters. The fraction of sp³-hybridized carbons (Fsp3) is 0.263. The molecule has 0 radical (unpaired) electrons. The summed E-state index contributed by atoms with van der Waals surface area (Å²) in [6.45, 7) is 2.32. The first-order valence-electron chi connectivity index (χ1n) is 8.01. The molecule has 0 heterocycles.